The average molecular weight is 398 g/mol. The summed E-state index contributed by atoms with van der Waals surface area (Å²) in [7, 11) is 3.22. The lowest BCUT2D eigenvalue weighted by atomic mass is 10.1. The lowest BCUT2D eigenvalue weighted by Crippen LogP contribution is -2.27. The number of hydrogen-bond donors (Lipinski definition) is 1. The Hall–Kier alpha value is -3.19. The van der Waals surface area contributed by atoms with Crippen LogP contribution in [0.3, 0.4) is 0 Å². The molecule has 2 aromatic carbocycles. The zero-order valence-electron chi connectivity index (χ0n) is 16.7. The van der Waals surface area contributed by atoms with Gasteiger partial charge in [-0.05, 0) is 17.7 Å². The largest absolute Gasteiger partial charge is 0.463 e. The molecule has 0 fully saturated rings. The van der Waals surface area contributed by atoms with Crippen LogP contribution in [0.25, 0.3) is 0 Å². The molecule has 2 amide bonds. The van der Waals surface area contributed by atoms with Gasteiger partial charge in [-0.25, -0.2) is 0 Å². The van der Waals surface area contributed by atoms with Gasteiger partial charge in [0.1, 0.15) is 6.61 Å². The molecule has 7 nitrogen and oxygen atoms in total. The van der Waals surface area contributed by atoms with Crippen LogP contribution in [0.5, 0.6) is 0 Å². The fraction of sp³-hybridized carbons (Fsp3) is 0.318. The number of carbonyl (C=O) groups excluding carboxylic acids is 3. The molecule has 0 bridgehead atoms. The minimum atomic E-state index is -0.468. The zero-order chi connectivity index (χ0) is 21.1. The van der Waals surface area contributed by atoms with E-state index in [0.29, 0.717) is 24.4 Å². The molecule has 0 aliphatic heterocycles. The molecule has 0 spiro atoms. The van der Waals surface area contributed by atoms with Crippen molar-refractivity contribution in [2.24, 2.45) is 0 Å². The van der Waals surface area contributed by atoms with Crippen molar-refractivity contribution in [1.82, 2.24) is 4.90 Å². The smallest absolute Gasteiger partial charge is 0.306 e. The third-order valence-electron chi connectivity index (χ3n) is 4.15. The summed E-state index contributed by atoms with van der Waals surface area (Å²) in [5.74, 6) is -1.03. The number of carbonyl (C=O) groups is 3. The Bertz CT molecular complexity index is 823. The van der Waals surface area contributed by atoms with Crippen LogP contribution in [-0.2, 0) is 25.6 Å². The number of para-hydroxylation sites is 1. The van der Waals surface area contributed by atoms with E-state index in [9.17, 15) is 14.4 Å². The third-order valence-corrected chi connectivity index (χ3v) is 4.15. The van der Waals surface area contributed by atoms with Gasteiger partial charge < -0.3 is 19.7 Å². The van der Waals surface area contributed by atoms with E-state index in [1.165, 1.54) is 7.11 Å². The molecule has 0 saturated heterocycles. The number of ether oxygens (including phenoxy) is 2. The lowest BCUT2D eigenvalue weighted by molar-refractivity contribution is -0.145. The van der Waals surface area contributed by atoms with Gasteiger partial charge >= 0.3 is 5.97 Å². The minimum Gasteiger partial charge on any atom is -0.463 e. The topological polar surface area (TPSA) is 84.9 Å². The van der Waals surface area contributed by atoms with Gasteiger partial charge in [0, 0.05) is 27.1 Å². The molecule has 2 aromatic rings. The number of nitrogens with zero attached hydrogens (tertiary/aromatic N) is 1. The molecule has 1 N–H and O–H groups in total. The highest BCUT2D eigenvalue weighted by Gasteiger charge is 2.17. The Labute approximate surface area is 170 Å². The molecule has 154 valence electrons. The van der Waals surface area contributed by atoms with Crippen molar-refractivity contribution < 1.29 is 23.9 Å². The van der Waals surface area contributed by atoms with E-state index in [4.69, 9.17) is 9.47 Å². The van der Waals surface area contributed by atoms with E-state index in [1.807, 2.05) is 30.3 Å². The average Bonchev–Trinajstić information content (AvgIpc) is 2.73. The lowest BCUT2D eigenvalue weighted by Gasteiger charge is -2.19. The summed E-state index contributed by atoms with van der Waals surface area (Å²) >= 11 is 0. The van der Waals surface area contributed by atoms with Gasteiger partial charge in [0.05, 0.1) is 24.3 Å². The first-order chi connectivity index (χ1) is 14.0. The number of rotatable bonds is 10. The molecule has 0 aliphatic rings. The Morgan fingerprint density at radius 1 is 0.931 bits per heavy atom. The van der Waals surface area contributed by atoms with E-state index in [-0.39, 0.29) is 31.3 Å². The maximum absolute atomic E-state index is 12.9. The van der Waals surface area contributed by atoms with Crippen molar-refractivity contribution in [3.63, 3.8) is 0 Å². The van der Waals surface area contributed by atoms with Crippen molar-refractivity contribution in [2.45, 2.75) is 19.4 Å². The maximum Gasteiger partial charge on any atom is 0.306 e. The molecule has 0 aromatic heterocycles. The summed E-state index contributed by atoms with van der Waals surface area (Å²) in [4.78, 5) is 38.3. The Balaban J connectivity index is 1.94. The quantitative estimate of drug-likeness (QED) is 0.491. The zero-order valence-corrected chi connectivity index (χ0v) is 16.7. The normalized spacial score (nSPS) is 10.3. The molecule has 0 saturated carbocycles. The first-order valence-electron chi connectivity index (χ1n) is 9.34. The predicted octanol–water partition coefficient (Wildman–Crippen LogP) is 2.87. The summed E-state index contributed by atoms with van der Waals surface area (Å²) < 4.78 is 9.73. The number of nitrogens with one attached hydrogen (secondary N) is 1. The fourth-order valence-corrected chi connectivity index (χ4v) is 2.65. The van der Waals surface area contributed by atoms with E-state index >= 15 is 0 Å². The summed E-state index contributed by atoms with van der Waals surface area (Å²) in [6, 6.07) is 16.5. The number of anilines is 1. The van der Waals surface area contributed by atoms with Crippen molar-refractivity contribution in [1.29, 1.82) is 0 Å². The first-order valence-corrected chi connectivity index (χ1v) is 9.34. The van der Waals surface area contributed by atoms with E-state index < -0.39 is 5.97 Å². The highest BCUT2D eigenvalue weighted by Crippen LogP contribution is 2.18. The molecule has 2 rings (SSSR count). The number of esters is 1. The Morgan fingerprint density at radius 2 is 1.62 bits per heavy atom. The van der Waals surface area contributed by atoms with Crippen LogP contribution < -0.4 is 5.32 Å². The molecular weight excluding hydrogens is 372 g/mol. The minimum absolute atomic E-state index is 0.0335. The van der Waals surface area contributed by atoms with Gasteiger partial charge in [-0.2, -0.15) is 0 Å². The van der Waals surface area contributed by atoms with Gasteiger partial charge in [-0.3, -0.25) is 14.4 Å². The van der Waals surface area contributed by atoms with Gasteiger partial charge in [0.25, 0.3) is 5.91 Å². The van der Waals surface area contributed by atoms with E-state index in [2.05, 4.69) is 5.32 Å². The highest BCUT2D eigenvalue weighted by molar-refractivity contribution is 6.03. The van der Waals surface area contributed by atoms with Crippen LogP contribution in [-0.4, -0.2) is 50.1 Å². The van der Waals surface area contributed by atoms with Gasteiger partial charge in [-0.15, -0.1) is 0 Å². The van der Waals surface area contributed by atoms with Crippen LogP contribution in [0.15, 0.2) is 54.6 Å². The second-order valence-corrected chi connectivity index (χ2v) is 6.45. The van der Waals surface area contributed by atoms with Crippen LogP contribution in [0.4, 0.5) is 5.69 Å². The van der Waals surface area contributed by atoms with Crippen LogP contribution in [0.1, 0.15) is 28.8 Å². The second-order valence-electron chi connectivity index (χ2n) is 6.45. The number of hydrogen-bond acceptors (Lipinski definition) is 5. The van der Waals surface area contributed by atoms with E-state index in [1.54, 1.807) is 36.2 Å². The van der Waals surface area contributed by atoms with Crippen LogP contribution in [0.2, 0.25) is 0 Å². The summed E-state index contributed by atoms with van der Waals surface area (Å²) in [5.41, 5.74) is 1.81. The predicted molar refractivity (Wildman–Crippen MR) is 109 cm³/mol. The van der Waals surface area contributed by atoms with Crippen molar-refractivity contribution >= 4 is 23.5 Å². The fourth-order valence-electron chi connectivity index (χ4n) is 2.65. The molecular formula is C22H26N2O5. The standard InChI is InChI=1S/C22H26N2O5/c1-24(16-17-8-4-3-5-9-17)22(27)18-10-6-7-11-19(18)23-20(25)12-13-21(26)29-15-14-28-2/h3-11H,12-16H2,1-2H3,(H,23,25). The third kappa shape index (κ3) is 7.38. The Kier molecular flexibility index (Phi) is 8.85. The van der Waals surface area contributed by atoms with E-state index in [0.717, 1.165) is 5.56 Å². The van der Waals surface area contributed by atoms with Crippen molar-refractivity contribution in [3.8, 4) is 0 Å². The summed E-state index contributed by atoms with van der Waals surface area (Å²) in [5, 5.41) is 2.71. The highest BCUT2D eigenvalue weighted by atomic mass is 16.6. The molecule has 29 heavy (non-hydrogen) atoms. The van der Waals surface area contributed by atoms with Gasteiger partial charge in [0.2, 0.25) is 5.91 Å². The Morgan fingerprint density at radius 3 is 2.34 bits per heavy atom. The molecule has 0 radical (unpaired) electrons. The first kappa shape index (κ1) is 22.1. The van der Waals surface area contributed by atoms with Crippen molar-refractivity contribution in [2.75, 3.05) is 32.7 Å². The number of methoxy groups -OCH3 is 1. The van der Waals surface area contributed by atoms with Gasteiger partial charge in [0.15, 0.2) is 0 Å². The summed E-state index contributed by atoms with van der Waals surface area (Å²) in [6.07, 6.45) is -0.0756. The summed E-state index contributed by atoms with van der Waals surface area (Å²) in [6.45, 7) is 0.918. The van der Waals surface area contributed by atoms with Crippen LogP contribution >= 0.6 is 0 Å². The number of benzene rings is 2. The molecule has 0 unspecified atom stereocenters. The molecule has 0 aliphatic carbocycles. The SMILES string of the molecule is COCCOC(=O)CCC(=O)Nc1ccccc1C(=O)N(C)Cc1ccccc1. The monoisotopic (exact) mass is 398 g/mol. The number of amides is 2. The molecule has 0 atom stereocenters. The second kappa shape index (κ2) is 11.6. The van der Waals surface area contributed by atoms with Crippen molar-refractivity contribution in [3.05, 3.63) is 65.7 Å². The van der Waals surface area contributed by atoms with Crippen LogP contribution in [0, 0.1) is 0 Å². The van der Waals surface area contributed by atoms with Gasteiger partial charge in [-0.1, -0.05) is 42.5 Å². The maximum atomic E-state index is 12.9. The molecule has 0 heterocycles. The molecule has 7 heteroatoms.